The first-order valence-electron chi connectivity index (χ1n) is 4.91. The Kier molecular flexibility index (Phi) is 3.53. The highest BCUT2D eigenvalue weighted by Crippen LogP contribution is 2.30. The van der Waals surface area contributed by atoms with E-state index in [1.807, 2.05) is 13.1 Å². The van der Waals surface area contributed by atoms with Crippen molar-refractivity contribution >= 4 is 16.5 Å². The summed E-state index contributed by atoms with van der Waals surface area (Å²) < 4.78 is 9.97. The van der Waals surface area contributed by atoms with Crippen LogP contribution in [-0.2, 0) is 4.74 Å². The third kappa shape index (κ3) is 2.40. The minimum absolute atomic E-state index is 0.668. The van der Waals surface area contributed by atoms with E-state index in [1.54, 1.807) is 24.6 Å². The van der Waals surface area contributed by atoms with Gasteiger partial charge < -0.3 is 14.6 Å². The number of ether oxygens (including phenoxy) is 1. The van der Waals surface area contributed by atoms with E-state index in [1.165, 1.54) is 0 Å². The molecule has 2 rings (SSSR count). The van der Waals surface area contributed by atoms with Gasteiger partial charge in [-0.25, -0.2) is 4.98 Å². The summed E-state index contributed by atoms with van der Waals surface area (Å²) in [6.07, 6.45) is 3.53. The number of anilines is 1. The predicted octanol–water partition coefficient (Wildman–Crippen LogP) is 2.16. The summed E-state index contributed by atoms with van der Waals surface area (Å²) in [5, 5.41) is 7.81. The van der Waals surface area contributed by atoms with E-state index in [2.05, 4.69) is 15.5 Å². The molecule has 0 saturated heterocycles. The number of rotatable bonds is 5. The molecular weight excluding hydrogens is 226 g/mol. The summed E-state index contributed by atoms with van der Waals surface area (Å²) in [7, 11) is 1.68. The number of thiazole rings is 1. The molecule has 16 heavy (non-hydrogen) atoms. The average Bonchev–Trinajstić information content (AvgIpc) is 2.87. The number of aromatic nitrogens is 2. The average molecular weight is 239 g/mol. The molecule has 0 aromatic carbocycles. The van der Waals surface area contributed by atoms with Gasteiger partial charge in [0, 0.05) is 19.9 Å². The van der Waals surface area contributed by atoms with E-state index in [0.717, 1.165) is 27.9 Å². The lowest BCUT2D eigenvalue weighted by Gasteiger charge is -1.99. The molecular formula is C10H13N3O2S. The molecule has 0 bridgehead atoms. The van der Waals surface area contributed by atoms with Gasteiger partial charge in [-0.3, -0.25) is 0 Å². The van der Waals surface area contributed by atoms with Crippen molar-refractivity contribution in [3.05, 3.63) is 18.2 Å². The fourth-order valence-corrected chi connectivity index (χ4v) is 2.18. The van der Waals surface area contributed by atoms with Crippen LogP contribution in [0.2, 0.25) is 0 Å². The SMILES string of the molecule is COCCNc1ncc(-c2cnoc2C)s1. The van der Waals surface area contributed by atoms with Crippen molar-refractivity contribution in [3.8, 4) is 10.4 Å². The number of aryl methyl sites for hydroxylation is 1. The lowest BCUT2D eigenvalue weighted by Crippen LogP contribution is -2.06. The molecule has 0 amide bonds. The van der Waals surface area contributed by atoms with Crippen molar-refractivity contribution in [1.29, 1.82) is 0 Å². The number of nitrogens with one attached hydrogen (secondary N) is 1. The first-order valence-corrected chi connectivity index (χ1v) is 5.73. The van der Waals surface area contributed by atoms with Crippen LogP contribution >= 0.6 is 11.3 Å². The van der Waals surface area contributed by atoms with Gasteiger partial charge in [-0.05, 0) is 6.92 Å². The third-order valence-corrected chi connectivity index (χ3v) is 3.09. The molecule has 6 heteroatoms. The molecule has 0 spiro atoms. The Morgan fingerprint density at radius 3 is 3.06 bits per heavy atom. The van der Waals surface area contributed by atoms with E-state index in [0.29, 0.717) is 6.61 Å². The van der Waals surface area contributed by atoms with Gasteiger partial charge in [0.2, 0.25) is 0 Å². The molecule has 2 aromatic rings. The normalized spacial score (nSPS) is 10.6. The second-order valence-electron chi connectivity index (χ2n) is 3.24. The van der Waals surface area contributed by atoms with Crippen LogP contribution in [0.5, 0.6) is 0 Å². The molecule has 2 heterocycles. The maximum Gasteiger partial charge on any atom is 0.183 e. The number of nitrogens with zero attached hydrogens (tertiary/aromatic N) is 2. The fraction of sp³-hybridized carbons (Fsp3) is 0.400. The van der Waals surface area contributed by atoms with E-state index in [9.17, 15) is 0 Å². The lowest BCUT2D eigenvalue weighted by atomic mass is 10.2. The molecule has 0 saturated carbocycles. The molecule has 86 valence electrons. The number of hydrogen-bond acceptors (Lipinski definition) is 6. The lowest BCUT2D eigenvalue weighted by molar-refractivity contribution is 0.211. The second kappa shape index (κ2) is 5.09. The first-order chi connectivity index (χ1) is 7.81. The minimum atomic E-state index is 0.668. The maximum absolute atomic E-state index is 5.02. The molecule has 2 aromatic heterocycles. The van der Waals surface area contributed by atoms with Gasteiger partial charge >= 0.3 is 0 Å². The van der Waals surface area contributed by atoms with Crippen molar-refractivity contribution in [3.63, 3.8) is 0 Å². The molecule has 0 unspecified atom stereocenters. The number of hydrogen-bond donors (Lipinski definition) is 1. The van der Waals surface area contributed by atoms with Crippen LogP contribution < -0.4 is 5.32 Å². The van der Waals surface area contributed by atoms with Gasteiger partial charge in [-0.2, -0.15) is 0 Å². The zero-order chi connectivity index (χ0) is 11.4. The van der Waals surface area contributed by atoms with Gasteiger partial charge in [0.25, 0.3) is 0 Å². The molecule has 0 atom stereocenters. The van der Waals surface area contributed by atoms with Gasteiger partial charge in [-0.1, -0.05) is 16.5 Å². The molecule has 5 nitrogen and oxygen atoms in total. The Morgan fingerprint density at radius 1 is 1.50 bits per heavy atom. The standard InChI is InChI=1S/C10H13N3O2S/c1-7-8(5-13-15-7)9-6-12-10(16-9)11-3-4-14-2/h5-6H,3-4H2,1-2H3,(H,11,12). The summed E-state index contributed by atoms with van der Waals surface area (Å²) in [6, 6.07) is 0. The van der Waals surface area contributed by atoms with E-state index in [-0.39, 0.29) is 0 Å². The Labute approximate surface area is 97.4 Å². The summed E-state index contributed by atoms with van der Waals surface area (Å²) in [5.41, 5.74) is 0.997. The monoisotopic (exact) mass is 239 g/mol. The van der Waals surface area contributed by atoms with Crippen LogP contribution in [0, 0.1) is 6.92 Å². The summed E-state index contributed by atoms with van der Waals surface area (Å²) in [5.74, 6) is 0.812. The van der Waals surface area contributed by atoms with Crippen LogP contribution in [-0.4, -0.2) is 30.4 Å². The predicted molar refractivity (Wildman–Crippen MR) is 62.7 cm³/mol. The van der Waals surface area contributed by atoms with Gasteiger partial charge in [-0.15, -0.1) is 0 Å². The zero-order valence-electron chi connectivity index (χ0n) is 9.19. The topological polar surface area (TPSA) is 60.2 Å². The highest BCUT2D eigenvalue weighted by atomic mass is 32.1. The van der Waals surface area contributed by atoms with Crippen molar-refractivity contribution in [1.82, 2.24) is 10.1 Å². The van der Waals surface area contributed by atoms with Gasteiger partial charge in [0.15, 0.2) is 5.13 Å². The van der Waals surface area contributed by atoms with Crippen LogP contribution in [0.25, 0.3) is 10.4 Å². The zero-order valence-corrected chi connectivity index (χ0v) is 10.0. The number of methoxy groups -OCH3 is 1. The smallest absolute Gasteiger partial charge is 0.183 e. The summed E-state index contributed by atoms with van der Waals surface area (Å²) in [6.45, 7) is 3.31. The van der Waals surface area contributed by atoms with E-state index in [4.69, 9.17) is 9.26 Å². The quantitative estimate of drug-likeness (QED) is 0.810. The van der Waals surface area contributed by atoms with Crippen LogP contribution in [0.4, 0.5) is 5.13 Å². The van der Waals surface area contributed by atoms with E-state index < -0.39 is 0 Å². The molecule has 0 fully saturated rings. The van der Waals surface area contributed by atoms with Crippen LogP contribution in [0.1, 0.15) is 5.76 Å². The van der Waals surface area contributed by atoms with Gasteiger partial charge in [0.05, 0.1) is 23.2 Å². The largest absolute Gasteiger partial charge is 0.383 e. The highest BCUT2D eigenvalue weighted by Gasteiger charge is 2.09. The fourth-order valence-electron chi connectivity index (χ4n) is 1.28. The van der Waals surface area contributed by atoms with E-state index >= 15 is 0 Å². The Morgan fingerprint density at radius 2 is 2.38 bits per heavy atom. The Balaban J connectivity index is 2.05. The van der Waals surface area contributed by atoms with Crippen LogP contribution in [0.3, 0.4) is 0 Å². The summed E-state index contributed by atoms with van der Waals surface area (Å²) >= 11 is 1.58. The molecule has 0 aliphatic rings. The van der Waals surface area contributed by atoms with Gasteiger partial charge in [0.1, 0.15) is 5.76 Å². The molecule has 0 aliphatic heterocycles. The molecule has 0 aliphatic carbocycles. The minimum Gasteiger partial charge on any atom is -0.383 e. The maximum atomic E-state index is 5.02. The second-order valence-corrected chi connectivity index (χ2v) is 4.28. The summed E-state index contributed by atoms with van der Waals surface area (Å²) in [4.78, 5) is 5.32. The van der Waals surface area contributed by atoms with Crippen molar-refractivity contribution in [2.24, 2.45) is 0 Å². The van der Waals surface area contributed by atoms with Crippen molar-refractivity contribution in [2.45, 2.75) is 6.92 Å². The Bertz CT molecular complexity index is 452. The first kappa shape index (κ1) is 11.1. The van der Waals surface area contributed by atoms with Crippen molar-refractivity contribution in [2.75, 3.05) is 25.6 Å². The molecule has 0 radical (unpaired) electrons. The highest BCUT2D eigenvalue weighted by molar-refractivity contribution is 7.18. The third-order valence-electron chi connectivity index (χ3n) is 2.10. The Hall–Kier alpha value is -1.40. The van der Waals surface area contributed by atoms with Crippen LogP contribution in [0.15, 0.2) is 16.9 Å². The van der Waals surface area contributed by atoms with Crippen molar-refractivity contribution < 1.29 is 9.26 Å². The molecule has 1 N–H and O–H groups in total.